The van der Waals surface area contributed by atoms with Gasteiger partial charge in [-0.2, -0.15) is 0 Å². The van der Waals surface area contributed by atoms with E-state index >= 15 is 0 Å². The van der Waals surface area contributed by atoms with Gasteiger partial charge in [0.2, 0.25) is 21.8 Å². The van der Waals surface area contributed by atoms with E-state index in [9.17, 15) is 18.0 Å². The molecule has 1 N–H and O–H groups in total. The number of sulfonamides is 1. The first-order chi connectivity index (χ1) is 16.9. The maximum absolute atomic E-state index is 13.4. The summed E-state index contributed by atoms with van der Waals surface area (Å²) in [6.45, 7) is 12.0. The molecule has 0 bridgehead atoms. The van der Waals surface area contributed by atoms with Crippen molar-refractivity contribution in [2.75, 3.05) is 17.1 Å². The number of carbonyl (C=O) groups is 2. The highest BCUT2D eigenvalue weighted by Crippen LogP contribution is 2.25. The van der Waals surface area contributed by atoms with Gasteiger partial charge in [0.25, 0.3) is 0 Å². The molecule has 2 aromatic rings. The van der Waals surface area contributed by atoms with Crippen LogP contribution in [-0.2, 0) is 26.2 Å². The van der Waals surface area contributed by atoms with Crippen molar-refractivity contribution in [3.8, 4) is 0 Å². The summed E-state index contributed by atoms with van der Waals surface area (Å²) in [5.41, 5.74) is 4.54. The van der Waals surface area contributed by atoms with Crippen LogP contribution in [0.5, 0.6) is 0 Å². The van der Waals surface area contributed by atoms with Gasteiger partial charge >= 0.3 is 0 Å². The Bertz CT molecular complexity index is 1160. The van der Waals surface area contributed by atoms with Crippen LogP contribution in [-0.4, -0.2) is 50.0 Å². The fourth-order valence-electron chi connectivity index (χ4n) is 4.01. The summed E-state index contributed by atoms with van der Waals surface area (Å²) in [6.07, 6.45) is 2.44. The van der Waals surface area contributed by atoms with Gasteiger partial charge in [-0.1, -0.05) is 43.3 Å². The van der Waals surface area contributed by atoms with E-state index in [0.29, 0.717) is 18.7 Å². The third-order valence-electron chi connectivity index (χ3n) is 6.77. The lowest BCUT2D eigenvalue weighted by Crippen LogP contribution is -2.49. The smallest absolute Gasteiger partial charge is 0.242 e. The van der Waals surface area contributed by atoms with Crippen molar-refractivity contribution in [1.82, 2.24) is 10.2 Å². The average Bonchev–Trinajstić information content (AvgIpc) is 2.82. The average molecular weight is 516 g/mol. The van der Waals surface area contributed by atoms with Crippen LogP contribution in [0.1, 0.15) is 62.3 Å². The summed E-state index contributed by atoms with van der Waals surface area (Å²) in [4.78, 5) is 27.9. The molecule has 7 nitrogen and oxygen atoms in total. The molecular formula is C28H41N3O4S. The number of carbonyl (C=O) groups excluding carboxylic acids is 2. The lowest BCUT2D eigenvalue weighted by molar-refractivity contribution is -0.140. The molecule has 2 aromatic carbocycles. The normalized spacial score (nSPS) is 13.1. The number of amides is 2. The fourth-order valence-corrected chi connectivity index (χ4v) is 5.02. The van der Waals surface area contributed by atoms with Crippen LogP contribution in [0.4, 0.5) is 5.69 Å². The molecule has 36 heavy (non-hydrogen) atoms. The summed E-state index contributed by atoms with van der Waals surface area (Å²) in [6, 6.07) is 12.7. The molecule has 0 spiro atoms. The minimum atomic E-state index is -3.53. The molecule has 8 heteroatoms. The van der Waals surface area contributed by atoms with Gasteiger partial charge in [-0.3, -0.25) is 13.9 Å². The topological polar surface area (TPSA) is 86.8 Å². The van der Waals surface area contributed by atoms with Crippen molar-refractivity contribution in [2.24, 2.45) is 0 Å². The highest BCUT2D eigenvalue weighted by atomic mass is 32.2. The largest absolute Gasteiger partial charge is 0.352 e. The highest BCUT2D eigenvalue weighted by molar-refractivity contribution is 7.92. The Morgan fingerprint density at radius 2 is 1.61 bits per heavy atom. The number of aryl methyl sites for hydroxylation is 2. The van der Waals surface area contributed by atoms with Crippen LogP contribution >= 0.6 is 0 Å². The number of benzene rings is 2. The SMILES string of the molecule is CC[C@H](C)NC(=O)[C@H](C)N(Cc1ccccc1C)C(=O)CCCN(c1cccc(C)c1C)S(C)(=O)=O. The van der Waals surface area contributed by atoms with Crippen LogP contribution in [0.3, 0.4) is 0 Å². The molecule has 0 saturated carbocycles. The Hall–Kier alpha value is -2.87. The standard InChI is InChI=1S/C28H41N3O4S/c1-8-22(4)29-28(33)24(6)30(19-25-15-10-9-13-21(25)3)27(32)17-12-18-31(36(7,34)35)26-16-11-14-20(2)23(26)5/h9-11,13-16,22,24H,8,12,17-19H2,1-7H3,(H,29,33)/t22-,24-/m0/s1. The first kappa shape index (κ1) is 29.4. The van der Waals surface area contributed by atoms with Crippen molar-refractivity contribution in [3.63, 3.8) is 0 Å². The van der Waals surface area contributed by atoms with Crippen LogP contribution in [0, 0.1) is 20.8 Å². The number of hydrogen-bond acceptors (Lipinski definition) is 4. The molecule has 2 rings (SSSR count). The van der Waals surface area contributed by atoms with E-state index in [1.165, 1.54) is 10.6 Å². The summed E-state index contributed by atoms with van der Waals surface area (Å²) in [5, 5.41) is 2.97. The summed E-state index contributed by atoms with van der Waals surface area (Å²) in [5.74, 6) is -0.376. The molecule has 0 aliphatic carbocycles. The minimum Gasteiger partial charge on any atom is -0.352 e. The molecule has 2 atom stereocenters. The van der Waals surface area contributed by atoms with Gasteiger partial charge < -0.3 is 10.2 Å². The molecule has 0 unspecified atom stereocenters. The van der Waals surface area contributed by atoms with Gasteiger partial charge in [0, 0.05) is 25.6 Å². The predicted octanol–water partition coefficient (Wildman–Crippen LogP) is 4.49. The van der Waals surface area contributed by atoms with E-state index in [0.717, 1.165) is 28.7 Å². The van der Waals surface area contributed by atoms with Crippen molar-refractivity contribution in [3.05, 3.63) is 64.7 Å². The molecular weight excluding hydrogens is 474 g/mol. The van der Waals surface area contributed by atoms with Crippen LogP contribution in [0.2, 0.25) is 0 Å². The summed E-state index contributed by atoms with van der Waals surface area (Å²) >= 11 is 0. The number of hydrogen-bond donors (Lipinski definition) is 1. The van der Waals surface area contributed by atoms with E-state index in [-0.39, 0.29) is 30.8 Å². The second-order valence-electron chi connectivity index (χ2n) is 9.60. The minimum absolute atomic E-state index is 0.0104. The van der Waals surface area contributed by atoms with Gasteiger partial charge in [0.05, 0.1) is 11.9 Å². The summed E-state index contributed by atoms with van der Waals surface area (Å²) in [7, 11) is -3.53. The number of nitrogens with zero attached hydrogens (tertiary/aromatic N) is 2. The highest BCUT2D eigenvalue weighted by Gasteiger charge is 2.27. The third kappa shape index (κ3) is 7.82. The van der Waals surface area contributed by atoms with E-state index in [2.05, 4.69) is 5.32 Å². The van der Waals surface area contributed by atoms with E-state index in [1.807, 2.05) is 71.0 Å². The zero-order valence-corrected chi connectivity index (χ0v) is 23.5. The van der Waals surface area contributed by atoms with E-state index < -0.39 is 16.1 Å². The van der Waals surface area contributed by atoms with E-state index in [4.69, 9.17) is 0 Å². The molecule has 0 aliphatic rings. The molecule has 0 aliphatic heterocycles. The van der Waals surface area contributed by atoms with Crippen LogP contribution < -0.4 is 9.62 Å². The monoisotopic (exact) mass is 515 g/mol. The lowest BCUT2D eigenvalue weighted by Gasteiger charge is -2.31. The fraction of sp³-hybridized carbons (Fsp3) is 0.500. The van der Waals surface area contributed by atoms with Crippen molar-refractivity contribution >= 4 is 27.5 Å². The van der Waals surface area contributed by atoms with Gasteiger partial charge in [-0.15, -0.1) is 0 Å². The van der Waals surface area contributed by atoms with Crippen molar-refractivity contribution in [1.29, 1.82) is 0 Å². The lowest BCUT2D eigenvalue weighted by atomic mass is 10.1. The first-order valence-corrected chi connectivity index (χ1v) is 14.4. The second-order valence-corrected chi connectivity index (χ2v) is 11.5. The van der Waals surface area contributed by atoms with Crippen LogP contribution in [0.15, 0.2) is 42.5 Å². The molecule has 0 fully saturated rings. The second kappa shape index (κ2) is 12.9. The Morgan fingerprint density at radius 3 is 2.22 bits per heavy atom. The number of rotatable bonds is 12. The van der Waals surface area contributed by atoms with E-state index in [1.54, 1.807) is 17.9 Å². The molecule has 2 amide bonds. The Labute approximate surface area is 216 Å². The maximum Gasteiger partial charge on any atom is 0.242 e. The quantitative estimate of drug-likeness (QED) is 0.451. The number of nitrogens with one attached hydrogen (secondary N) is 1. The number of anilines is 1. The first-order valence-electron chi connectivity index (χ1n) is 12.5. The van der Waals surface area contributed by atoms with Gasteiger partial charge in [-0.05, 0) is 75.8 Å². The summed E-state index contributed by atoms with van der Waals surface area (Å²) < 4.78 is 26.5. The van der Waals surface area contributed by atoms with Crippen molar-refractivity contribution in [2.45, 2.75) is 79.4 Å². The molecule has 0 radical (unpaired) electrons. The van der Waals surface area contributed by atoms with Gasteiger partial charge in [0.15, 0.2) is 0 Å². The Balaban J connectivity index is 2.22. The van der Waals surface area contributed by atoms with Crippen molar-refractivity contribution < 1.29 is 18.0 Å². The Morgan fingerprint density at radius 1 is 0.972 bits per heavy atom. The Kier molecular flexibility index (Phi) is 10.5. The predicted molar refractivity (Wildman–Crippen MR) is 146 cm³/mol. The molecule has 0 heterocycles. The third-order valence-corrected chi connectivity index (χ3v) is 7.95. The zero-order valence-electron chi connectivity index (χ0n) is 22.7. The molecule has 0 saturated heterocycles. The van der Waals surface area contributed by atoms with Gasteiger partial charge in [0.1, 0.15) is 6.04 Å². The molecule has 198 valence electrons. The zero-order chi connectivity index (χ0) is 27.0. The molecule has 0 aromatic heterocycles. The van der Waals surface area contributed by atoms with Crippen LogP contribution in [0.25, 0.3) is 0 Å². The maximum atomic E-state index is 13.4. The van der Waals surface area contributed by atoms with Gasteiger partial charge in [-0.25, -0.2) is 8.42 Å².